The molecule has 0 radical (unpaired) electrons. The molecule has 11 heavy (non-hydrogen) atoms. The second-order valence-corrected chi connectivity index (χ2v) is 2.72. The molecule has 0 spiro atoms. The van der Waals surface area contributed by atoms with Crippen LogP contribution >= 0.6 is 0 Å². The average Bonchev–Trinajstić information content (AvgIpc) is 2.40. The third-order valence-corrected chi connectivity index (χ3v) is 1.77. The van der Waals surface area contributed by atoms with Crippen molar-refractivity contribution in [2.45, 2.75) is 26.0 Å². The molecule has 3 nitrogen and oxygen atoms in total. The van der Waals surface area contributed by atoms with Crippen molar-refractivity contribution in [3.63, 3.8) is 0 Å². The minimum absolute atomic E-state index is 0.0648. The highest BCUT2D eigenvalue weighted by atomic mass is 16.5. The molecule has 1 heterocycles. The lowest BCUT2D eigenvalue weighted by Crippen LogP contribution is -2.31. The Labute approximate surface area is 66.6 Å². The van der Waals surface area contributed by atoms with Gasteiger partial charge in [0.25, 0.3) is 0 Å². The first-order chi connectivity index (χ1) is 5.25. The minimum Gasteiger partial charge on any atom is -0.358 e. The van der Waals surface area contributed by atoms with Gasteiger partial charge in [-0.3, -0.25) is 9.69 Å². The first-order valence-corrected chi connectivity index (χ1v) is 3.76. The van der Waals surface area contributed by atoms with Gasteiger partial charge in [-0.2, -0.15) is 0 Å². The number of amides is 1. The van der Waals surface area contributed by atoms with E-state index in [1.165, 1.54) is 4.90 Å². The molecule has 3 heteroatoms. The average molecular weight is 155 g/mol. The number of rotatable bonds is 3. The van der Waals surface area contributed by atoms with Gasteiger partial charge in [0, 0.05) is 12.3 Å². The molecule has 0 bridgehead atoms. The van der Waals surface area contributed by atoms with Crippen molar-refractivity contribution in [3.8, 4) is 0 Å². The summed E-state index contributed by atoms with van der Waals surface area (Å²) in [6, 6.07) is 0. The summed E-state index contributed by atoms with van der Waals surface area (Å²) >= 11 is 0. The number of hydrogen-bond acceptors (Lipinski definition) is 2. The topological polar surface area (TPSA) is 29.5 Å². The van der Waals surface area contributed by atoms with Crippen molar-refractivity contribution < 1.29 is 9.53 Å². The van der Waals surface area contributed by atoms with E-state index in [0.717, 1.165) is 31.6 Å². The largest absolute Gasteiger partial charge is 0.358 e. The molecule has 0 aromatic heterocycles. The van der Waals surface area contributed by atoms with Crippen LogP contribution in [0.5, 0.6) is 0 Å². The van der Waals surface area contributed by atoms with E-state index in [1.54, 1.807) is 6.92 Å². The number of hydrogen-bond donors (Lipinski definition) is 0. The highest BCUT2D eigenvalue weighted by Gasteiger charge is 2.21. The Balaban J connectivity index is 2.53. The van der Waals surface area contributed by atoms with E-state index in [-0.39, 0.29) is 6.23 Å². The molecule has 1 amide bonds. The lowest BCUT2D eigenvalue weighted by Gasteiger charge is -2.23. The molecule has 0 aromatic rings. The van der Waals surface area contributed by atoms with Gasteiger partial charge in [0.1, 0.15) is 6.23 Å². The normalized spacial score (nSPS) is 23.2. The quantitative estimate of drug-likeness (QED) is 0.571. The summed E-state index contributed by atoms with van der Waals surface area (Å²) < 4.78 is 5.30. The maximum absolute atomic E-state index is 10.5. The fourth-order valence-electron chi connectivity index (χ4n) is 1.18. The summed E-state index contributed by atoms with van der Waals surface area (Å²) in [7, 11) is 0. The highest BCUT2D eigenvalue weighted by molar-refractivity contribution is 5.50. The first-order valence-electron chi connectivity index (χ1n) is 3.76. The Morgan fingerprint density at radius 2 is 2.55 bits per heavy atom. The van der Waals surface area contributed by atoms with Crippen molar-refractivity contribution in [1.29, 1.82) is 0 Å². The van der Waals surface area contributed by atoms with Crippen LogP contribution in [0.1, 0.15) is 19.8 Å². The van der Waals surface area contributed by atoms with Gasteiger partial charge in [-0.1, -0.05) is 6.58 Å². The SMILES string of the molecule is C=C(C)N(C=O)C1CCCO1. The molecule has 1 fully saturated rings. The van der Waals surface area contributed by atoms with Gasteiger partial charge in [0.05, 0.1) is 0 Å². The van der Waals surface area contributed by atoms with E-state index in [4.69, 9.17) is 4.74 Å². The molecule has 1 aliphatic heterocycles. The standard InChI is InChI=1S/C8H13NO2/c1-7(2)9(6-10)8-4-3-5-11-8/h6,8H,1,3-5H2,2H3. The van der Waals surface area contributed by atoms with E-state index in [0.29, 0.717) is 0 Å². The Morgan fingerprint density at radius 1 is 1.82 bits per heavy atom. The number of nitrogens with zero attached hydrogens (tertiary/aromatic N) is 1. The van der Waals surface area contributed by atoms with Gasteiger partial charge in [-0.05, 0) is 19.8 Å². The van der Waals surface area contributed by atoms with Gasteiger partial charge in [0.15, 0.2) is 0 Å². The van der Waals surface area contributed by atoms with E-state index in [9.17, 15) is 4.79 Å². The summed E-state index contributed by atoms with van der Waals surface area (Å²) in [6.45, 7) is 6.24. The zero-order chi connectivity index (χ0) is 8.27. The zero-order valence-corrected chi connectivity index (χ0v) is 6.75. The lowest BCUT2D eigenvalue weighted by atomic mass is 10.3. The third-order valence-electron chi connectivity index (χ3n) is 1.77. The molecule has 0 N–H and O–H groups in total. The van der Waals surface area contributed by atoms with Gasteiger partial charge < -0.3 is 4.74 Å². The summed E-state index contributed by atoms with van der Waals surface area (Å²) in [4.78, 5) is 12.1. The minimum atomic E-state index is -0.0648. The second kappa shape index (κ2) is 3.53. The molecular formula is C8H13NO2. The fraction of sp³-hybridized carbons (Fsp3) is 0.625. The second-order valence-electron chi connectivity index (χ2n) is 2.72. The molecule has 1 atom stereocenters. The first kappa shape index (κ1) is 8.27. The predicted octanol–water partition coefficient (Wildman–Crippen LogP) is 1.11. The number of allylic oxidation sites excluding steroid dienone is 1. The Morgan fingerprint density at radius 3 is 2.91 bits per heavy atom. The van der Waals surface area contributed by atoms with Crippen LogP contribution in [-0.4, -0.2) is 24.1 Å². The maximum atomic E-state index is 10.5. The third kappa shape index (κ3) is 1.80. The summed E-state index contributed by atoms with van der Waals surface area (Å²) in [5.41, 5.74) is 0.743. The van der Waals surface area contributed by atoms with Crippen LogP contribution < -0.4 is 0 Å². The van der Waals surface area contributed by atoms with Gasteiger partial charge >= 0.3 is 0 Å². The van der Waals surface area contributed by atoms with Crippen LogP contribution in [-0.2, 0) is 9.53 Å². The van der Waals surface area contributed by atoms with Gasteiger partial charge in [-0.25, -0.2) is 0 Å². The van der Waals surface area contributed by atoms with E-state index >= 15 is 0 Å². The molecular weight excluding hydrogens is 142 g/mol. The number of ether oxygens (including phenoxy) is 1. The monoisotopic (exact) mass is 155 g/mol. The summed E-state index contributed by atoms with van der Waals surface area (Å²) in [5.74, 6) is 0. The molecule has 0 saturated carbocycles. The molecule has 0 aliphatic carbocycles. The van der Waals surface area contributed by atoms with Crippen LogP contribution in [0.3, 0.4) is 0 Å². The Kier molecular flexibility index (Phi) is 2.65. The molecule has 0 aromatic carbocycles. The van der Waals surface area contributed by atoms with E-state index < -0.39 is 0 Å². The van der Waals surface area contributed by atoms with Crippen LogP contribution in [0.15, 0.2) is 12.3 Å². The highest BCUT2D eigenvalue weighted by Crippen LogP contribution is 2.17. The van der Waals surface area contributed by atoms with Crippen molar-refractivity contribution >= 4 is 6.41 Å². The molecule has 1 rings (SSSR count). The van der Waals surface area contributed by atoms with Crippen LogP contribution in [0, 0.1) is 0 Å². The van der Waals surface area contributed by atoms with E-state index in [1.807, 2.05) is 0 Å². The van der Waals surface area contributed by atoms with Crippen LogP contribution in [0.4, 0.5) is 0 Å². The lowest BCUT2D eigenvalue weighted by molar-refractivity contribution is -0.125. The Bertz CT molecular complexity index is 161. The van der Waals surface area contributed by atoms with Crippen molar-refractivity contribution in [2.75, 3.05) is 6.61 Å². The molecule has 1 unspecified atom stereocenters. The van der Waals surface area contributed by atoms with Crippen LogP contribution in [0.2, 0.25) is 0 Å². The molecule has 1 saturated heterocycles. The Hall–Kier alpha value is -0.830. The van der Waals surface area contributed by atoms with E-state index in [2.05, 4.69) is 6.58 Å². The summed E-state index contributed by atoms with van der Waals surface area (Å²) in [5, 5.41) is 0. The van der Waals surface area contributed by atoms with Gasteiger partial charge in [-0.15, -0.1) is 0 Å². The fourth-order valence-corrected chi connectivity index (χ4v) is 1.18. The molecule has 1 aliphatic rings. The van der Waals surface area contributed by atoms with Gasteiger partial charge in [0.2, 0.25) is 6.41 Å². The number of carbonyl (C=O) groups is 1. The van der Waals surface area contributed by atoms with Crippen LogP contribution in [0.25, 0.3) is 0 Å². The van der Waals surface area contributed by atoms with Crippen molar-refractivity contribution in [3.05, 3.63) is 12.3 Å². The van der Waals surface area contributed by atoms with Crippen molar-refractivity contribution in [1.82, 2.24) is 4.90 Å². The summed E-state index contributed by atoms with van der Waals surface area (Å²) in [6.07, 6.45) is 2.66. The maximum Gasteiger partial charge on any atom is 0.215 e. The predicted molar refractivity (Wildman–Crippen MR) is 41.7 cm³/mol. The smallest absolute Gasteiger partial charge is 0.215 e. The zero-order valence-electron chi connectivity index (χ0n) is 6.75. The van der Waals surface area contributed by atoms with Crippen molar-refractivity contribution in [2.24, 2.45) is 0 Å². The number of carbonyl (C=O) groups excluding carboxylic acids is 1. The molecule has 62 valence electrons.